The summed E-state index contributed by atoms with van der Waals surface area (Å²) in [5.41, 5.74) is 6.88. The summed E-state index contributed by atoms with van der Waals surface area (Å²) in [4.78, 5) is 12.1. The monoisotopic (exact) mass is 382 g/mol. The van der Waals surface area contributed by atoms with Crippen LogP contribution in [0.2, 0.25) is 0 Å². The van der Waals surface area contributed by atoms with E-state index in [1.807, 2.05) is 30.3 Å². The van der Waals surface area contributed by atoms with Crippen molar-refractivity contribution in [3.63, 3.8) is 0 Å². The molecular weight excluding hydrogens is 360 g/mol. The summed E-state index contributed by atoms with van der Waals surface area (Å²) >= 11 is 1.30. The molecule has 136 valence electrons. The van der Waals surface area contributed by atoms with E-state index in [4.69, 9.17) is 5.73 Å². The fourth-order valence-electron chi connectivity index (χ4n) is 2.33. The topological polar surface area (TPSA) is 115 Å². The Morgan fingerprint density at radius 1 is 1.28 bits per heavy atom. The molecule has 2 unspecified atom stereocenters. The normalized spacial score (nSPS) is 14.0. The molecule has 0 saturated carbocycles. The van der Waals surface area contributed by atoms with Gasteiger partial charge in [-0.05, 0) is 18.4 Å². The van der Waals surface area contributed by atoms with E-state index in [1.54, 1.807) is 0 Å². The number of aromatic nitrogens is 2. The van der Waals surface area contributed by atoms with E-state index >= 15 is 0 Å². The molecule has 1 aromatic carbocycles. The summed E-state index contributed by atoms with van der Waals surface area (Å²) in [7, 11) is -3.15. The average Bonchev–Trinajstić information content (AvgIpc) is 3.01. The molecule has 0 bridgehead atoms. The molecule has 0 aliphatic carbocycles. The Hall–Kier alpha value is -1.84. The van der Waals surface area contributed by atoms with Gasteiger partial charge in [0, 0.05) is 12.2 Å². The number of nitrogens with zero attached hydrogens (tertiary/aromatic N) is 2. The zero-order valence-corrected chi connectivity index (χ0v) is 15.8. The number of nitrogens with one attached hydrogen (secondary N) is 1. The molecule has 9 heteroatoms. The summed E-state index contributed by atoms with van der Waals surface area (Å²) in [6.07, 6.45) is 2.04. The van der Waals surface area contributed by atoms with E-state index in [0.29, 0.717) is 5.13 Å². The van der Waals surface area contributed by atoms with Crippen LogP contribution in [0.3, 0.4) is 0 Å². The van der Waals surface area contributed by atoms with Gasteiger partial charge in [-0.1, -0.05) is 48.6 Å². The van der Waals surface area contributed by atoms with Crippen molar-refractivity contribution in [3.05, 3.63) is 40.9 Å². The molecule has 2 rings (SSSR count). The lowest BCUT2D eigenvalue weighted by molar-refractivity contribution is -0.117. The van der Waals surface area contributed by atoms with Gasteiger partial charge in [-0.3, -0.25) is 10.1 Å². The van der Waals surface area contributed by atoms with E-state index in [9.17, 15) is 13.2 Å². The predicted molar refractivity (Wildman–Crippen MR) is 99.4 cm³/mol. The first kappa shape index (κ1) is 19.5. The van der Waals surface area contributed by atoms with E-state index in [-0.39, 0.29) is 18.1 Å². The minimum Gasteiger partial charge on any atom is -0.320 e. The first-order chi connectivity index (χ1) is 11.8. The highest BCUT2D eigenvalue weighted by atomic mass is 32.2. The Bertz CT molecular complexity index is 806. The van der Waals surface area contributed by atoms with Crippen molar-refractivity contribution >= 4 is 32.2 Å². The van der Waals surface area contributed by atoms with Gasteiger partial charge in [0.05, 0.1) is 11.8 Å². The Labute approximate surface area is 151 Å². The Kier molecular flexibility index (Phi) is 6.63. The number of sulfone groups is 1. The van der Waals surface area contributed by atoms with Gasteiger partial charge in [0.15, 0.2) is 0 Å². The number of carbonyl (C=O) groups excluding carboxylic acids is 1. The smallest absolute Gasteiger partial charge is 0.243 e. The van der Waals surface area contributed by atoms with Crippen LogP contribution in [-0.2, 0) is 14.6 Å². The van der Waals surface area contributed by atoms with Gasteiger partial charge in [0.2, 0.25) is 11.0 Å². The highest BCUT2D eigenvalue weighted by molar-refractivity contribution is 7.90. The molecule has 0 spiro atoms. The van der Waals surface area contributed by atoms with Crippen molar-refractivity contribution in [2.24, 2.45) is 5.73 Å². The van der Waals surface area contributed by atoms with Gasteiger partial charge < -0.3 is 5.73 Å². The van der Waals surface area contributed by atoms with Crippen LogP contribution >= 0.6 is 11.3 Å². The van der Waals surface area contributed by atoms with E-state index in [1.165, 1.54) is 11.3 Å². The zero-order chi connectivity index (χ0) is 18.4. The fourth-order valence-corrected chi connectivity index (χ4v) is 3.97. The van der Waals surface area contributed by atoms with Crippen LogP contribution in [0.1, 0.15) is 36.3 Å². The summed E-state index contributed by atoms with van der Waals surface area (Å²) in [6.45, 7) is 2.07. The van der Waals surface area contributed by atoms with Gasteiger partial charge in [-0.15, -0.1) is 10.2 Å². The van der Waals surface area contributed by atoms with Crippen LogP contribution in [-0.4, -0.2) is 42.6 Å². The summed E-state index contributed by atoms with van der Waals surface area (Å²) in [5, 5.41) is 12.0. The van der Waals surface area contributed by atoms with Gasteiger partial charge >= 0.3 is 0 Å². The SMILES string of the molecule is CCC(c1ccccc1)c1nnc(NC(=O)C(N)CCS(C)(=O)=O)s1. The van der Waals surface area contributed by atoms with Crippen molar-refractivity contribution in [3.8, 4) is 0 Å². The molecular formula is C16H22N4O3S2. The van der Waals surface area contributed by atoms with Gasteiger partial charge in [0.1, 0.15) is 14.8 Å². The van der Waals surface area contributed by atoms with E-state index in [2.05, 4.69) is 22.4 Å². The predicted octanol–water partition coefficient (Wildman–Crippen LogP) is 1.78. The molecule has 0 radical (unpaired) electrons. The molecule has 7 nitrogen and oxygen atoms in total. The van der Waals surface area contributed by atoms with Crippen LogP contribution in [0, 0.1) is 0 Å². The molecule has 1 amide bonds. The van der Waals surface area contributed by atoms with Gasteiger partial charge in [0.25, 0.3) is 0 Å². The lowest BCUT2D eigenvalue weighted by Crippen LogP contribution is -2.37. The lowest BCUT2D eigenvalue weighted by Gasteiger charge is -2.11. The van der Waals surface area contributed by atoms with E-state index < -0.39 is 21.8 Å². The Morgan fingerprint density at radius 3 is 2.56 bits per heavy atom. The summed E-state index contributed by atoms with van der Waals surface area (Å²) < 4.78 is 22.3. The molecule has 0 aliphatic heterocycles. The van der Waals surface area contributed by atoms with Crippen molar-refractivity contribution in [1.29, 1.82) is 0 Å². The van der Waals surface area contributed by atoms with Crippen LogP contribution in [0.5, 0.6) is 0 Å². The number of rotatable bonds is 8. The Morgan fingerprint density at radius 2 is 1.96 bits per heavy atom. The maximum Gasteiger partial charge on any atom is 0.243 e. The first-order valence-electron chi connectivity index (χ1n) is 7.92. The second kappa shape index (κ2) is 8.50. The maximum atomic E-state index is 12.1. The maximum absolute atomic E-state index is 12.1. The third kappa shape index (κ3) is 5.87. The second-order valence-corrected chi connectivity index (χ2v) is 9.10. The fraction of sp³-hybridized carbons (Fsp3) is 0.438. The largest absolute Gasteiger partial charge is 0.320 e. The zero-order valence-electron chi connectivity index (χ0n) is 14.2. The molecule has 3 N–H and O–H groups in total. The molecule has 0 aliphatic rings. The summed E-state index contributed by atoms with van der Waals surface area (Å²) in [5.74, 6) is -0.475. The first-order valence-corrected chi connectivity index (χ1v) is 10.8. The highest BCUT2D eigenvalue weighted by Crippen LogP contribution is 2.31. The van der Waals surface area contributed by atoms with Crippen molar-refractivity contribution in [2.45, 2.75) is 31.7 Å². The van der Waals surface area contributed by atoms with Crippen molar-refractivity contribution in [1.82, 2.24) is 10.2 Å². The van der Waals surface area contributed by atoms with Crippen LogP contribution in [0.15, 0.2) is 30.3 Å². The number of amides is 1. The molecule has 0 fully saturated rings. The van der Waals surface area contributed by atoms with Crippen LogP contribution < -0.4 is 11.1 Å². The van der Waals surface area contributed by atoms with Crippen LogP contribution in [0.4, 0.5) is 5.13 Å². The number of anilines is 1. The van der Waals surface area contributed by atoms with E-state index in [0.717, 1.165) is 23.2 Å². The molecule has 1 aromatic heterocycles. The molecule has 2 atom stereocenters. The number of hydrogen-bond donors (Lipinski definition) is 2. The number of benzene rings is 1. The molecule has 25 heavy (non-hydrogen) atoms. The molecule has 2 aromatic rings. The third-order valence-electron chi connectivity index (χ3n) is 3.72. The number of carbonyl (C=O) groups is 1. The summed E-state index contributed by atoms with van der Waals surface area (Å²) in [6, 6.07) is 9.08. The number of hydrogen-bond acceptors (Lipinski definition) is 7. The lowest BCUT2D eigenvalue weighted by atomic mass is 9.97. The van der Waals surface area contributed by atoms with Crippen LogP contribution in [0.25, 0.3) is 0 Å². The highest BCUT2D eigenvalue weighted by Gasteiger charge is 2.20. The Balaban J connectivity index is 2.02. The molecule has 0 saturated heterocycles. The van der Waals surface area contributed by atoms with Crippen molar-refractivity contribution in [2.75, 3.05) is 17.3 Å². The number of nitrogens with two attached hydrogens (primary N) is 1. The standard InChI is InChI=1S/C16H22N4O3S2/c1-3-12(11-7-5-4-6-8-11)15-19-20-16(24-15)18-14(21)13(17)9-10-25(2,22)23/h4-8,12-13H,3,9-10,17H2,1-2H3,(H,18,20,21). The van der Waals surface area contributed by atoms with Crippen molar-refractivity contribution < 1.29 is 13.2 Å². The average molecular weight is 383 g/mol. The molecule has 1 heterocycles. The minimum atomic E-state index is -3.15. The second-order valence-electron chi connectivity index (χ2n) is 5.83. The quantitative estimate of drug-likeness (QED) is 0.719. The minimum absolute atomic E-state index is 0.0674. The third-order valence-corrected chi connectivity index (χ3v) is 5.65. The van der Waals surface area contributed by atoms with Gasteiger partial charge in [-0.2, -0.15) is 0 Å². The van der Waals surface area contributed by atoms with Gasteiger partial charge in [-0.25, -0.2) is 8.42 Å².